The lowest BCUT2D eigenvalue weighted by Crippen LogP contribution is -2.45. The molecule has 138 valence electrons. The van der Waals surface area contributed by atoms with Crippen LogP contribution in [0, 0.1) is 0 Å². The van der Waals surface area contributed by atoms with Crippen LogP contribution in [0.2, 0.25) is 0 Å². The van der Waals surface area contributed by atoms with Crippen LogP contribution in [0.5, 0.6) is 5.75 Å². The number of carbonyl (C=O) groups excluding carboxylic acids is 2. The number of carbonyl (C=O) groups is 2. The lowest BCUT2D eigenvalue weighted by atomic mass is 10.2. The fraction of sp³-hybridized carbons (Fsp3) is 0.412. The number of ether oxygens (including phenoxy) is 1. The van der Waals surface area contributed by atoms with Gasteiger partial charge in [-0.05, 0) is 43.5 Å². The molecule has 1 unspecified atom stereocenters. The largest absolute Gasteiger partial charge is 0.497 e. The Morgan fingerprint density at radius 2 is 2.04 bits per heavy atom. The van der Waals surface area contributed by atoms with Gasteiger partial charge >= 0.3 is 6.03 Å². The van der Waals surface area contributed by atoms with Gasteiger partial charge in [0.25, 0.3) is 0 Å². The highest BCUT2D eigenvalue weighted by Gasteiger charge is 2.34. The second-order valence-electron chi connectivity index (χ2n) is 5.85. The third-order valence-corrected chi connectivity index (χ3v) is 5.14. The van der Waals surface area contributed by atoms with Crippen LogP contribution >= 0.6 is 11.3 Å². The van der Waals surface area contributed by atoms with Gasteiger partial charge in [-0.25, -0.2) is 4.79 Å². The smallest absolute Gasteiger partial charge is 0.322 e. The number of aromatic nitrogens is 2. The summed E-state index contributed by atoms with van der Waals surface area (Å²) in [5.74, 6) is 0.483. The van der Waals surface area contributed by atoms with E-state index in [1.807, 2.05) is 6.92 Å². The van der Waals surface area contributed by atoms with Gasteiger partial charge in [0.2, 0.25) is 11.0 Å². The first-order chi connectivity index (χ1) is 12.6. The Labute approximate surface area is 155 Å². The van der Waals surface area contributed by atoms with E-state index in [0.717, 1.165) is 17.8 Å². The molecule has 0 bridgehead atoms. The van der Waals surface area contributed by atoms with E-state index in [4.69, 9.17) is 4.74 Å². The van der Waals surface area contributed by atoms with Gasteiger partial charge in [0.15, 0.2) is 0 Å². The summed E-state index contributed by atoms with van der Waals surface area (Å²) in [4.78, 5) is 26.7. The number of nitrogens with one attached hydrogen (secondary N) is 2. The monoisotopic (exact) mass is 375 g/mol. The molecule has 2 heterocycles. The number of amides is 3. The molecule has 3 amide bonds. The van der Waals surface area contributed by atoms with Crippen molar-refractivity contribution in [3.63, 3.8) is 0 Å². The van der Waals surface area contributed by atoms with Gasteiger partial charge in [-0.1, -0.05) is 18.3 Å². The minimum Gasteiger partial charge on any atom is -0.497 e. The first-order valence-electron chi connectivity index (χ1n) is 8.45. The van der Waals surface area contributed by atoms with Crippen LogP contribution in [0.25, 0.3) is 0 Å². The normalized spacial score (nSPS) is 16.4. The molecule has 1 aliphatic heterocycles. The van der Waals surface area contributed by atoms with Gasteiger partial charge in [-0.2, -0.15) is 0 Å². The maximum atomic E-state index is 12.6. The van der Waals surface area contributed by atoms with E-state index in [2.05, 4.69) is 20.8 Å². The van der Waals surface area contributed by atoms with Gasteiger partial charge in [-0.3, -0.25) is 10.1 Å². The molecule has 1 fully saturated rings. The molecule has 0 aliphatic carbocycles. The number of urea groups is 1. The summed E-state index contributed by atoms with van der Waals surface area (Å²) in [6.45, 7) is 2.52. The summed E-state index contributed by atoms with van der Waals surface area (Å²) in [5, 5.41) is 14.9. The number of anilines is 2. The van der Waals surface area contributed by atoms with Gasteiger partial charge in [0.05, 0.1) is 7.11 Å². The Balaban J connectivity index is 1.62. The van der Waals surface area contributed by atoms with Crippen LogP contribution in [0.3, 0.4) is 0 Å². The summed E-state index contributed by atoms with van der Waals surface area (Å²) in [7, 11) is 1.59. The number of nitrogens with zero attached hydrogens (tertiary/aromatic N) is 3. The van der Waals surface area contributed by atoms with Gasteiger partial charge < -0.3 is 15.0 Å². The second kappa shape index (κ2) is 8.13. The highest BCUT2D eigenvalue weighted by atomic mass is 32.1. The number of aryl methyl sites for hydroxylation is 1. The topological polar surface area (TPSA) is 96.5 Å². The molecule has 2 aromatic rings. The summed E-state index contributed by atoms with van der Waals surface area (Å²) in [6.07, 6.45) is 2.18. The summed E-state index contributed by atoms with van der Waals surface area (Å²) in [6, 6.07) is 6.25. The average molecular weight is 375 g/mol. The average Bonchev–Trinajstić information content (AvgIpc) is 3.31. The zero-order valence-electron chi connectivity index (χ0n) is 14.7. The number of rotatable bonds is 5. The van der Waals surface area contributed by atoms with E-state index in [1.54, 1.807) is 36.3 Å². The first kappa shape index (κ1) is 18.1. The van der Waals surface area contributed by atoms with Gasteiger partial charge in [0, 0.05) is 12.2 Å². The third-order valence-electron chi connectivity index (χ3n) is 4.16. The number of hydrogen-bond acceptors (Lipinski definition) is 6. The molecule has 2 N–H and O–H groups in total. The van der Waals surface area contributed by atoms with Crippen molar-refractivity contribution >= 4 is 34.1 Å². The molecule has 1 aromatic heterocycles. The van der Waals surface area contributed by atoms with Crippen molar-refractivity contribution in [1.82, 2.24) is 15.1 Å². The van der Waals surface area contributed by atoms with Crippen LogP contribution in [0.1, 0.15) is 24.8 Å². The van der Waals surface area contributed by atoms with Crippen molar-refractivity contribution in [2.24, 2.45) is 0 Å². The minimum absolute atomic E-state index is 0.230. The molecule has 1 atom stereocenters. The van der Waals surface area contributed by atoms with Gasteiger partial charge in [0.1, 0.15) is 16.8 Å². The Hall–Kier alpha value is -2.68. The number of benzene rings is 1. The zero-order chi connectivity index (χ0) is 18.5. The van der Waals surface area contributed by atoms with Crippen LogP contribution in [0.4, 0.5) is 15.6 Å². The fourth-order valence-electron chi connectivity index (χ4n) is 2.79. The van der Waals surface area contributed by atoms with E-state index in [9.17, 15) is 9.59 Å². The van der Waals surface area contributed by atoms with E-state index in [-0.39, 0.29) is 11.9 Å². The molecule has 0 spiro atoms. The lowest BCUT2D eigenvalue weighted by molar-refractivity contribution is -0.119. The van der Waals surface area contributed by atoms with Crippen molar-refractivity contribution < 1.29 is 14.3 Å². The molecular formula is C17H21N5O3S. The molecule has 26 heavy (non-hydrogen) atoms. The summed E-state index contributed by atoms with van der Waals surface area (Å²) >= 11 is 1.35. The summed E-state index contributed by atoms with van der Waals surface area (Å²) < 4.78 is 5.10. The standard InChI is InChI=1S/C17H21N5O3S/c1-3-14-20-21-16(26-14)19-15(23)13-5-4-10-22(13)17(24)18-11-6-8-12(25-2)9-7-11/h6-9,13H,3-5,10H2,1-2H3,(H,18,24)(H,19,21,23). The molecular weight excluding hydrogens is 354 g/mol. The highest BCUT2D eigenvalue weighted by Crippen LogP contribution is 2.23. The Morgan fingerprint density at radius 3 is 2.69 bits per heavy atom. The van der Waals surface area contributed by atoms with Crippen LogP contribution < -0.4 is 15.4 Å². The summed E-state index contributed by atoms with van der Waals surface area (Å²) in [5.41, 5.74) is 0.651. The van der Waals surface area contributed by atoms with Crippen molar-refractivity contribution in [1.29, 1.82) is 0 Å². The molecule has 1 saturated heterocycles. The first-order valence-corrected chi connectivity index (χ1v) is 9.27. The quantitative estimate of drug-likeness (QED) is 0.838. The molecule has 1 aromatic carbocycles. The Kier molecular flexibility index (Phi) is 5.67. The van der Waals surface area contributed by atoms with Crippen molar-refractivity contribution in [3.05, 3.63) is 29.3 Å². The molecule has 8 nitrogen and oxygen atoms in total. The predicted octanol–water partition coefficient (Wildman–Crippen LogP) is 2.74. The molecule has 9 heteroatoms. The second-order valence-corrected chi connectivity index (χ2v) is 6.92. The fourth-order valence-corrected chi connectivity index (χ4v) is 3.47. The van der Waals surface area contributed by atoms with Crippen molar-refractivity contribution in [2.75, 3.05) is 24.3 Å². The molecule has 1 aliphatic rings. The zero-order valence-corrected chi connectivity index (χ0v) is 15.5. The SMILES string of the molecule is CCc1nnc(NC(=O)C2CCCN2C(=O)Nc2ccc(OC)cc2)s1. The molecule has 0 saturated carbocycles. The Bertz CT molecular complexity index is 777. The van der Waals surface area contributed by atoms with Crippen LogP contribution in [-0.4, -0.2) is 46.7 Å². The lowest BCUT2D eigenvalue weighted by Gasteiger charge is -2.23. The van der Waals surface area contributed by atoms with Crippen LogP contribution in [-0.2, 0) is 11.2 Å². The molecule has 0 radical (unpaired) electrons. The van der Waals surface area contributed by atoms with E-state index >= 15 is 0 Å². The number of likely N-dealkylation sites (tertiary alicyclic amines) is 1. The van der Waals surface area contributed by atoms with Crippen molar-refractivity contribution in [3.8, 4) is 5.75 Å². The molecule has 3 rings (SSSR count). The van der Waals surface area contributed by atoms with Crippen LogP contribution in [0.15, 0.2) is 24.3 Å². The van der Waals surface area contributed by atoms with Gasteiger partial charge in [-0.15, -0.1) is 10.2 Å². The van der Waals surface area contributed by atoms with Crippen molar-refractivity contribution in [2.45, 2.75) is 32.2 Å². The van der Waals surface area contributed by atoms with E-state index in [0.29, 0.717) is 29.5 Å². The maximum absolute atomic E-state index is 12.6. The maximum Gasteiger partial charge on any atom is 0.322 e. The predicted molar refractivity (Wildman–Crippen MR) is 99.7 cm³/mol. The minimum atomic E-state index is -0.512. The number of hydrogen-bond donors (Lipinski definition) is 2. The van der Waals surface area contributed by atoms with E-state index < -0.39 is 6.04 Å². The Morgan fingerprint density at radius 1 is 1.27 bits per heavy atom. The van der Waals surface area contributed by atoms with E-state index in [1.165, 1.54) is 11.3 Å². The number of methoxy groups -OCH3 is 1. The highest BCUT2D eigenvalue weighted by molar-refractivity contribution is 7.15. The third kappa shape index (κ3) is 4.10.